The monoisotopic (exact) mass is 277 g/mol. The lowest BCUT2D eigenvalue weighted by Gasteiger charge is -2.19. The number of nitro benzene ring substituents is 1. The first-order valence-electron chi connectivity index (χ1n) is 4.98. The smallest absolute Gasteiger partial charge is 0.398 e. The molecule has 0 aromatic heterocycles. The van der Waals surface area contributed by atoms with E-state index in [0.29, 0.717) is 4.90 Å². The first kappa shape index (κ1) is 14.7. The van der Waals surface area contributed by atoms with Crippen LogP contribution in [0.25, 0.3) is 0 Å². The molecule has 0 aliphatic heterocycles. The van der Waals surface area contributed by atoms with E-state index in [4.69, 9.17) is 5.73 Å². The molecule has 9 heteroatoms. The van der Waals surface area contributed by atoms with Crippen LogP contribution in [-0.4, -0.2) is 35.5 Å². The number of amides is 1. The van der Waals surface area contributed by atoms with Crippen LogP contribution in [0.2, 0.25) is 0 Å². The van der Waals surface area contributed by atoms with Gasteiger partial charge in [0.25, 0.3) is 11.6 Å². The van der Waals surface area contributed by atoms with Crippen LogP contribution >= 0.6 is 0 Å². The number of alkyl halides is 3. The molecule has 1 rings (SSSR count). The van der Waals surface area contributed by atoms with E-state index in [1.165, 1.54) is 0 Å². The Morgan fingerprint density at radius 3 is 2.53 bits per heavy atom. The molecule has 0 atom stereocenters. The Morgan fingerprint density at radius 2 is 2.05 bits per heavy atom. The number of halogens is 3. The summed E-state index contributed by atoms with van der Waals surface area (Å²) in [5, 5.41) is 10.5. The van der Waals surface area contributed by atoms with Crippen LogP contribution in [0.15, 0.2) is 18.2 Å². The van der Waals surface area contributed by atoms with E-state index in [0.717, 1.165) is 25.2 Å². The van der Waals surface area contributed by atoms with Gasteiger partial charge in [0, 0.05) is 24.9 Å². The predicted octanol–water partition coefficient (Wildman–Crippen LogP) is 1.81. The maximum Gasteiger partial charge on any atom is 0.406 e. The molecule has 1 aromatic rings. The molecule has 2 N–H and O–H groups in total. The highest BCUT2D eigenvalue weighted by Gasteiger charge is 2.32. The summed E-state index contributed by atoms with van der Waals surface area (Å²) in [6.07, 6.45) is -4.56. The van der Waals surface area contributed by atoms with Crippen molar-refractivity contribution in [1.29, 1.82) is 0 Å². The van der Waals surface area contributed by atoms with E-state index in [2.05, 4.69) is 0 Å². The maximum absolute atomic E-state index is 12.2. The fourth-order valence-corrected chi connectivity index (χ4v) is 1.39. The quantitative estimate of drug-likeness (QED) is 0.518. The van der Waals surface area contributed by atoms with Crippen molar-refractivity contribution in [2.75, 3.05) is 19.3 Å². The highest BCUT2D eigenvalue weighted by atomic mass is 19.4. The zero-order valence-electron chi connectivity index (χ0n) is 9.77. The number of hydrogen-bond donors (Lipinski definition) is 1. The molecule has 0 aliphatic carbocycles. The normalized spacial score (nSPS) is 11.2. The maximum atomic E-state index is 12.2. The summed E-state index contributed by atoms with van der Waals surface area (Å²) in [6.45, 7) is -1.46. The summed E-state index contributed by atoms with van der Waals surface area (Å²) in [6, 6.07) is 3.02. The molecule has 0 unspecified atom stereocenters. The van der Waals surface area contributed by atoms with Gasteiger partial charge in [0.15, 0.2) is 0 Å². The van der Waals surface area contributed by atoms with E-state index in [9.17, 15) is 28.1 Å². The molecule has 0 heterocycles. The third kappa shape index (κ3) is 3.83. The number of benzene rings is 1. The standard InChI is InChI=1S/C10H10F3N3O3/c1-15(5-10(11,12)13)9(17)7-4-6(16(18)19)2-3-8(7)14/h2-4H,5,14H2,1H3. The molecule has 0 radical (unpaired) electrons. The van der Waals surface area contributed by atoms with Crippen LogP contribution in [0.1, 0.15) is 10.4 Å². The van der Waals surface area contributed by atoms with Crippen LogP contribution in [0.5, 0.6) is 0 Å². The number of nitrogens with zero attached hydrogens (tertiary/aromatic N) is 2. The Morgan fingerprint density at radius 1 is 1.47 bits per heavy atom. The first-order valence-corrected chi connectivity index (χ1v) is 4.98. The van der Waals surface area contributed by atoms with Gasteiger partial charge in [0.2, 0.25) is 0 Å². The molecule has 104 valence electrons. The number of rotatable bonds is 3. The van der Waals surface area contributed by atoms with Gasteiger partial charge in [-0.15, -0.1) is 0 Å². The van der Waals surface area contributed by atoms with Gasteiger partial charge in [0.1, 0.15) is 6.54 Å². The topological polar surface area (TPSA) is 89.5 Å². The molecule has 0 fully saturated rings. The Kier molecular flexibility index (Phi) is 3.98. The van der Waals surface area contributed by atoms with Gasteiger partial charge in [-0.1, -0.05) is 0 Å². The van der Waals surface area contributed by atoms with E-state index in [-0.39, 0.29) is 11.3 Å². The van der Waals surface area contributed by atoms with Gasteiger partial charge in [-0.2, -0.15) is 13.2 Å². The van der Waals surface area contributed by atoms with Gasteiger partial charge in [0.05, 0.1) is 10.5 Å². The number of nitro groups is 1. The van der Waals surface area contributed by atoms with Crippen molar-refractivity contribution in [1.82, 2.24) is 4.90 Å². The molecule has 0 saturated heterocycles. The van der Waals surface area contributed by atoms with Gasteiger partial charge >= 0.3 is 6.18 Å². The second-order valence-corrected chi connectivity index (χ2v) is 3.81. The highest BCUT2D eigenvalue weighted by Crippen LogP contribution is 2.22. The van der Waals surface area contributed by atoms with Crippen molar-refractivity contribution < 1.29 is 22.9 Å². The van der Waals surface area contributed by atoms with Gasteiger partial charge in [-0.25, -0.2) is 0 Å². The minimum Gasteiger partial charge on any atom is -0.398 e. The number of carbonyl (C=O) groups is 1. The number of carbonyl (C=O) groups excluding carboxylic acids is 1. The second-order valence-electron chi connectivity index (χ2n) is 3.81. The van der Waals surface area contributed by atoms with Crippen LogP contribution in [0.4, 0.5) is 24.5 Å². The minimum absolute atomic E-state index is 0.121. The molecule has 1 amide bonds. The summed E-state index contributed by atoms with van der Waals surface area (Å²) in [5.74, 6) is -1.03. The summed E-state index contributed by atoms with van der Waals surface area (Å²) in [7, 11) is 0.939. The van der Waals surface area contributed by atoms with Crippen LogP contribution < -0.4 is 5.73 Å². The van der Waals surface area contributed by atoms with E-state index in [1.54, 1.807) is 0 Å². The van der Waals surface area contributed by atoms with E-state index < -0.39 is 29.2 Å². The third-order valence-corrected chi connectivity index (χ3v) is 2.24. The van der Waals surface area contributed by atoms with Crippen molar-refractivity contribution >= 4 is 17.3 Å². The van der Waals surface area contributed by atoms with Crippen LogP contribution in [-0.2, 0) is 0 Å². The molecular weight excluding hydrogens is 267 g/mol. The average molecular weight is 277 g/mol. The van der Waals surface area contributed by atoms with Crippen molar-refractivity contribution in [3.8, 4) is 0 Å². The number of nitrogen functional groups attached to an aromatic ring is 1. The summed E-state index contributed by atoms with van der Waals surface area (Å²) < 4.78 is 36.5. The largest absolute Gasteiger partial charge is 0.406 e. The SMILES string of the molecule is CN(CC(F)(F)F)C(=O)c1cc([N+](=O)[O-])ccc1N. The number of anilines is 1. The van der Waals surface area contributed by atoms with Gasteiger partial charge in [-0.3, -0.25) is 14.9 Å². The molecule has 0 bridgehead atoms. The average Bonchev–Trinajstić information content (AvgIpc) is 2.26. The second kappa shape index (κ2) is 5.12. The van der Waals surface area contributed by atoms with Crippen LogP contribution in [0.3, 0.4) is 0 Å². The lowest BCUT2D eigenvalue weighted by atomic mass is 10.1. The first-order chi connectivity index (χ1) is 8.61. The van der Waals surface area contributed by atoms with Gasteiger partial charge < -0.3 is 10.6 Å². The zero-order valence-corrected chi connectivity index (χ0v) is 9.77. The lowest BCUT2D eigenvalue weighted by Crippen LogP contribution is -2.36. The minimum atomic E-state index is -4.56. The summed E-state index contributed by atoms with van der Waals surface area (Å²) in [5.41, 5.74) is 4.57. The Balaban J connectivity index is 3.05. The van der Waals surface area contributed by atoms with Crippen molar-refractivity contribution in [2.45, 2.75) is 6.18 Å². The van der Waals surface area contributed by atoms with E-state index >= 15 is 0 Å². The lowest BCUT2D eigenvalue weighted by molar-refractivity contribution is -0.384. The Bertz CT molecular complexity index is 516. The summed E-state index contributed by atoms with van der Waals surface area (Å²) in [4.78, 5) is 21.9. The Hall–Kier alpha value is -2.32. The fourth-order valence-electron chi connectivity index (χ4n) is 1.39. The molecule has 1 aromatic carbocycles. The van der Waals surface area contributed by atoms with Crippen molar-refractivity contribution in [3.05, 3.63) is 33.9 Å². The molecule has 6 nitrogen and oxygen atoms in total. The summed E-state index contributed by atoms with van der Waals surface area (Å²) >= 11 is 0. The number of nitrogens with two attached hydrogens (primary N) is 1. The van der Waals surface area contributed by atoms with E-state index in [1.807, 2.05) is 0 Å². The fraction of sp³-hybridized carbons (Fsp3) is 0.300. The highest BCUT2D eigenvalue weighted by molar-refractivity contribution is 5.99. The predicted molar refractivity (Wildman–Crippen MR) is 60.5 cm³/mol. The molecule has 19 heavy (non-hydrogen) atoms. The molecular formula is C10H10F3N3O3. The number of non-ortho nitro benzene ring substituents is 1. The molecule has 0 saturated carbocycles. The molecule has 0 spiro atoms. The van der Waals surface area contributed by atoms with Crippen LogP contribution in [0, 0.1) is 10.1 Å². The third-order valence-electron chi connectivity index (χ3n) is 2.24. The van der Waals surface area contributed by atoms with Crippen molar-refractivity contribution in [2.24, 2.45) is 0 Å². The van der Waals surface area contributed by atoms with Crippen molar-refractivity contribution in [3.63, 3.8) is 0 Å². The zero-order chi connectivity index (χ0) is 14.8. The Labute approximate surface area is 105 Å². The number of hydrogen-bond acceptors (Lipinski definition) is 4. The van der Waals surface area contributed by atoms with Gasteiger partial charge in [-0.05, 0) is 6.07 Å². The molecule has 0 aliphatic rings.